The van der Waals surface area contributed by atoms with Crippen LogP contribution in [0.25, 0.3) is 11.0 Å². The number of carbonyl (C=O) groups excluding carboxylic acids is 4. The maximum Gasteiger partial charge on any atom is 0.270 e. The van der Waals surface area contributed by atoms with Crippen molar-refractivity contribution in [1.29, 1.82) is 0 Å². The number of fused-ring (bicyclic) bond motifs is 2. The summed E-state index contributed by atoms with van der Waals surface area (Å²) in [5, 5.41) is 18.3. The Labute approximate surface area is 372 Å². The molecular formula is C49H56N10O5. The number of anilines is 3. The van der Waals surface area contributed by atoms with E-state index in [0.717, 1.165) is 93.4 Å². The highest BCUT2D eigenvalue weighted by Crippen LogP contribution is 2.38. The maximum atomic E-state index is 13.2. The van der Waals surface area contributed by atoms with Crippen LogP contribution in [0.3, 0.4) is 0 Å². The van der Waals surface area contributed by atoms with Crippen LogP contribution in [0.1, 0.15) is 119 Å². The lowest BCUT2D eigenvalue weighted by molar-refractivity contribution is -0.136. The summed E-state index contributed by atoms with van der Waals surface area (Å²) in [4.78, 5) is 72.7. The lowest BCUT2D eigenvalue weighted by Crippen LogP contribution is -2.52. The van der Waals surface area contributed by atoms with Gasteiger partial charge in [-0.1, -0.05) is 43.2 Å². The van der Waals surface area contributed by atoms with Gasteiger partial charge in [-0.2, -0.15) is 4.98 Å². The van der Waals surface area contributed by atoms with Gasteiger partial charge in [0.15, 0.2) is 0 Å². The Balaban J connectivity index is 0.703. The molecule has 64 heavy (non-hydrogen) atoms. The monoisotopic (exact) mass is 864 g/mol. The molecule has 1 unspecified atom stereocenters. The third-order valence-electron chi connectivity index (χ3n) is 14.3. The minimum Gasteiger partial charge on any atom is -0.385 e. The van der Waals surface area contributed by atoms with Crippen molar-refractivity contribution in [2.24, 2.45) is 0 Å². The van der Waals surface area contributed by atoms with E-state index < -0.39 is 17.6 Å². The Morgan fingerprint density at radius 2 is 1.66 bits per heavy atom. The molecule has 3 saturated heterocycles. The number of hydrogen-bond donors (Lipinski definition) is 3. The van der Waals surface area contributed by atoms with E-state index in [0.29, 0.717) is 54.7 Å². The van der Waals surface area contributed by atoms with Crippen LogP contribution >= 0.6 is 0 Å². The predicted molar refractivity (Wildman–Crippen MR) is 242 cm³/mol. The molecule has 3 aromatic heterocycles. The molecule has 15 nitrogen and oxygen atoms in total. The van der Waals surface area contributed by atoms with E-state index in [1.165, 1.54) is 16.8 Å². The quantitative estimate of drug-likeness (QED) is 0.141. The van der Waals surface area contributed by atoms with Gasteiger partial charge in [-0.3, -0.25) is 29.4 Å². The van der Waals surface area contributed by atoms with Crippen molar-refractivity contribution >= 4 is 52.1 Å². The van der Waals surface area contributed by atoms with Crippen LogP contribution in [-0.2, 0) is 28.3 Å². The van der Waals surface area contributed by atoms with E-state index in [4.69, 9.17) is 9.97 Å². The number of pyridine rings is 1. The fraction of sp³-hybridized carbons (Fsp3) is 0.449. The molecule has 1 aliphatic carbocycles. The predicted octanol–water partition coefficient (Wildman–Crippen LogP) is 6.02. The lowest BCUT2D eigenvalue weighted by Gasteiger charge is -2.39. The van der Waals surface area contributed by atoms with Crippen LogP contribution in [0.2, 0.25) is 0 Å². The molecule has 5 aliphatic rings. The highest BCUT2D eigenvalue weighted by atomic mass is 16.3. The number of hydrogen-bond acceptors (Lipinski definition) is 11. The summed E-state index contributed by atoms with van der Waals surface area (Å²) >= 11 is 0. The Bertz CT molecular complexity index is 2590. The number of imide groups is 1. The Morgan fingerprint density at radius 3 is 2.36 bits per heavy atom. The molecule has 2 aromatic carbocycles. The Morgan fingerprint density at radius 1 is 0.891 bits per heavy atom. The van der Waals surface area contributed by atoms with E-state index in [1.807, 2.05) is 30.5 Å². The van der Waals surface area contributed by atoms with Gasteiger partial charge in [-0.05, 0) is 103 Å². The number of benzene rings is 2. The van der Waals surface area contributed by atoms with E-state index in [2.05, 4.69) is 60.3 Å². The zero-order valence-corrected chi connectivity index (χ0v) is 36.6. The van der Waals surface area contributed by atoms with E-state index in [-0.39, 0.29) is 30.2 Å². The highest BCUT2D eigenvalue weighted by molar-refractivity contribution is 6.05. The number of aromatic nitrogens is 4. The van der Waals surface area contributed by atoms with Crippen molar-refractivity contribution in [1.82, 2.24) is 39.5 Å². The molecule has 0 bridgehead atoms. The molecular weight excluding hydrogens is 809 g/mol. The molecule has 1 saturated carbocycles. The maximum absolute atomic E-state index is 13.2. The van der Waals surface area contributed by atoms with Gasteiger partial charge in [-0.25, -0.2) is 9.97 Å². The summed E-state index contributed by atoms with van der Waals surface area (Å²) < 4.78 is 2.12. The SMILES string of the molecule is CN(C)C(=O)c1cc2cnc(Nc3ccc(C4CCN(c5ccc(CN6CCC(O)(c7ccc8c(c7)CN(C7CCC(=O)NC7=O)C8=O)CC6)cc5)CC4)cn3)nc2n1C1CCCC1. The average Bonchev–Trinajstić information content (AvgIpc) is 4.05. The van der Waals surface area contributed by atoms with Crippen molar-refractivity contribution < 1.29 is 24.3 Å². The molecule has 7 heterocycles. The first-order chi connectivity index (χ1) is 31.0. The minimum absolute atomic E-state index is 0.0252. The van der Waals surface area contributed by atoms with Crippen molar-refractivity contribution in [3.05, 3.63) is 107 Å². The number of carbonyl (C=O) groups is 4. The molecule has 0 spiro atoms. The van der Waals surface area contributed by atoms with Crippen molar-refractivity contribution in [2.45, 2.75) is 101 Å². The fourth-order valence-electron chi connectivity index (χ4n) is 10.6. The summed E-state index contributed by atoms with van der Waals surface area (Å²) in [6.07, 6.45) is 11.9. The normalized spacial score (nSPS) is 20.8. The van der Waals surface area contributed by atoms with Crippen molar-refractivity contribution in [3.8, 4) is 0 Å². The Kier molecular flexibility index (Phi) is 11.1. The van der Waals surface area contributed by atoms with Gasteiger partial charge in [0, 0.05) is 94.9 Å². The Hall–Kier alpha value is -6.19. The van der Waals surface area contributed by atoms with Gasteiger partial charge in [0.2, 0.25) is 17.8 Å². The number of likely N-dealkylation sites (tertiary alicyclic amines) is 1. The first-order valence-electron chi connectivity index (χ1n) is 22.9. The summed E-state index contributed by atoms with van der Waals surface area (Å²) in [5.74, 6) is 0.619. The number of aliphatic hydroxyl groups is 1. The largest absolute Gasteiger partial charge is 0.385 e. The summed E-state index contributed by atoms with van der Waals surface area (Å²) in [6.45, 7) is 4.53. The number of nitrogens with one attached hydrogen (secondary N) is 2. The number of amides is 4. The first-order valence-corrected chi connectivity index (χ1v) is 22.9. The van der Waals surface area contributed by atoms with Gasteiger partial charge in [0.1, 0.15) is 23.2 Å². The van der Waals surface area contributed by atoms with E-state index >= 15 is 0 Å². The summed E-state index contributed by atoms with van der Waals surface area (Å²) in [6, 6.07) is 20.1. The lowest BCUT2D eigenvalue weighted by atomic mass is 9.83. The molecule has 0 radical (unpaired) electrons. The third-order valence-corrected chi connectivity index (χ3v) is 14.3. The first kappa shape index (κ1) is 41.8. The van der Waals surface area contributed by atoms with Crippen LogP contribution in [0.5, 0.6) is 0 Å². The minimum atomic E-state index is -0.991. The number of rotatable bonds is 10. The van der Waals surface area contributed by atoms with Crippen LogP contribution < -0.4 is 15.5 Å². The van der Waals surface area contributed by atoms with E-state index in [9.17, 15) is 24.3 Å². The smallest absolute Gasteiger partial charge is 0.270 e. The van der Waals surface area contributed by atoms with Crippen LogP contribution in [0.15, 0.2) is 73.1 Å². The van der Waals surface area contributed by atoms with Gasteiger partial charge in [0.25, 0.3) is 11.8 Å². The fourth-order valence-corrected chi connectivity index (χ4v) is 10.6. The van der Waals surface area contributed by atoms with Crippen LogP contribution in [0, 0.1) is 0 Å². The highest BCUT2D eigenvalue weighted by Gasteiger charge is 2.41. The molecule has 3 N–H and O–H groups in total. The van der Waals surface area contributed by atoms with Crippen LogP contribution in [-0.4, -0.2) is 109 Å². The molecule has 10 rings (SSSR count). The summed E-state index contributed by atoms with van der Waals surface area (Å²) in [7, 11) is 3.57. The summed E-state index contributed by atoms with van der Waals surface area (Å²) in [5.41, 5.74) is 6.33. The zero-order valence-electron chi connectivity index (χ0n) is 36.6. The van der Waals surface area contributed by atoms with Gasteiger partial charge in [-0.15, -0.1) is 0 Å². The molecule has 4 aliphatic heterocycles. The second-order valence-electron chi connectivity index (χ2n) is 18.6. The average molecular weight is 865 g/mol. The van der Waals surface area contributed by atoms with E-state index in [1.54, 1.807) is 36.2 Å². The molecule has 5 aromatic rings. The molecule has 332 valence electrons. The topological polar surface area (TPSA) is 169 Å². The standard InChI is InChI=1S/C49H56N10O5/c1-55(2)47(63)41-26-34-28-51-48(54-44(34)59(41)38-5-3-4-6-38)52-42-15-9-33(27-50-42)32-17-21-57(22-18-32)37-11-7-31(8-12-37)29-56-23-19-49(64,20-24-56)36-10-13-39-35(25-36)30-58(46(39)62)40-14-16-43(60)53-45(40)61/h7-13,15,25-28,32,38,40,64H,3-6,14,16-24,29-30H2,1-2H3,(H,53,60,61)(H,50,51,52,54). The van der Waals surface area contributed by atoms with Gasteiger partial charge >= 0.3 is 0 Å². The zero-order chi connectivity index (χ0) is 44.1. The number of nitrogens with zero attached hydrogens (tertiary/aromatic N) is 8. The second kappa shape index (κ2) is 17.1. The van der Waals surface area contributed by atoms with Gasteiger partial charge in [0.05, 0.1) is 5.60 Å². The van der Waals surface area contributed by atoms with Crippen LogP contribution in [0.4, 0.5) is 17.5 Å². The molecule has 15 heteroatoms. The number of piperidine rings is 3. The molecule has 4 amide bonds. The van der Waals surface area contributed by atoms with Crippen molar-refractivity contribution in [2.75, 3.05) is 50.5 Å². The molecule has 4 fully saturated rings. The third kappa shape index (κ3) is 8.11. The van der Waals surface area contributed by atoms with Crippen molar-refractivity contribution in [3.63, 3.8) is 0 Å². The molecule has 1 atom stereocenters. The van der Waals surface area contributed by atoms with Gasteiger partial charge < -0.3 is 29.7 Å². The second-order valence-corrected chi connectivity index (χ2v) is 18.6.